The van der Waals surface area contributed by atoms with Gasteiger partial charge < -0.3 is 15.0 Å². The fourth-order valence-corrected chi connectivity index (χ4v) is 2.26. The van der Waals surface area contributed by atoms with Gasteiger partial charge >= 0.3 is 0 Å². The molecule has 1 N–H and O–H groups in total. The van der Waals surface area contributed by atoms with Crippen LogP contribution < -0.4 is 5.32 Å². The topological polar surface area (TPSA) is 24.5 Å². The van der Waals surface area contributed by atoms with E-state index in [-0.39, 0.29) is 0 Å². The molecule has 16 heavy (non-hydrogen) atoms. The van der Waals surface area contributed by atoms with Crippen LogP contribution in [0.15, 0.2) is 0 Å². The van der Waals surface area contributed by atoms with Crippen molar-refractivity contribution in [1.82, 2.24) is 10.2 Å². The van der Waals surface area contributed by atoms with Crippen LogP contribution in [0.4, 0.5) is 0 Å². The Morgan fingerprint density at radius 1 is 1.44 bits per heavy atom. The van der Waals surface area contributed by atoms with Crippen molar-refractivity contribution in [2.45, 2.75) is 51.1 Å². The first-order chi connectivity index (χ1) is 7.74. The zero-order valence-corrected chi connectivity index (χ0v) is 11.2. The van der Waals surface area contributed by atoms with Crippen molar-refractivity contribution in [2.75, 3.05) is 33.9 Å². The molecule has 3 nitrogen and oxygen atoms in total. The Kier molecular flexibility index (Phi) is 7.01. The van der Waals surface area contributed by atoms with Crippen molar-refractivity contribution in [3.8, 4) is 0 Å². The summed E-state index contributed by atoms with van der Waals surface area (Å²) in [6.07, 6.45) is 6.54. The molecule has 1 heterocycles. The summed E-state index contributed by atoms with van der Waals surface area (Å²) in [5, 5.41) is 3.61. The van der Waals surface area contributed by atoms with E-state index in [1.807, 2.05) is 0 Å². The molecule has 1 aliphatic heterocycles. The van der Waals surface area contributed by atoms with Gasteiger partial charge in [-0.15, -0.1) is 0 Å². The number of ether oxygens (including phenoxy) is 1. The summed E-state index contributed by atoms with van der Waals surface area (Å²) in [4.78, 5) is 2.45. The molecule has 1 rings (SSSR count). The van der Waals surface area contributed by atoms with E-state index in [1.165, 1.54) is 38.8 Å². The van der Waals surface area contributed by atoms with Crippen molar-refractivity contribution >= 4 is 0 Å². The predicted octanol–water partition coefficient (Wildman–Crippen LogP) is 1.88. The van der Waals surface area contributed by atoms with Crippen LogP contribution in [0.25, 0.3) is 0 Å². The minimum absolute atomic E-state index is 0.628. The number of nitrogens with one attached hydrogen (secondary N) is 1. The lowest BCUT2D eigenvalue weighted by Gasteiger charge is -2.29. The first-order valence-corrected chi connectivity index (χ1v) is 6.66. The van der Waals surface area contributed by atoms with E-state index < -0.39 is 0 Å². The van der Waals surface area contributed by atoms with Gasteiger partial charge in [0.1, 0.15) is 0 Å². The highest BCUT2D eigenvalue weighted by Crippen LogP contribution is 2.11. The first-order valence-electron chi connectivity index (χ1n) is 6.66. The third-order valence-corrected chi connectivity index (χ3v) is 3.73. The Bertz CT molecular complexity index is 169. The maximum atomic E-state index is 5.12. The molecule has 0 radical (unpaired) electrons. The van der Waals surface area contributed by atoms with Crippen LogP contribution in [0, 0.1) is 0 Å². The molecule has 2 unspecified atom stereocenters. The summed E-state index contributed by atoms with van der Waals surface area (Å²) >= 11 is 0. The summed E-state index contributed by atoms with van der Waals surface area (Å²) in [5.74, 6) is 0. The molecule has 1 aliphatic rings. The number of rotatable bonds is 7. The highest BCUT2D eigenvalue weighted by molar-refractivity contribution is 4.74. The van der Waals surface area contributed by atoms with Crippen LogP contribution >= 0.6 is 0 Å². The summed E-state index contributed by atoms with van der Waals surface area (Å²) in [7, 11) is 4.00. The molecular formula is C13H28N2O. The second-order valence-electron chi connectivity index (χ2n) is 5.05. The normalized spacial score (nSPS) is 23.6. The molecule has 3 heteroatoms. The third kappa shape index (κ3) is 5.28. The zero-order valence-electron chi connectivity index (χ0n) is 11.2. The zero-order chi connectivity index (χ0) is 11.8. The molecule has 0 aromatic carbocycles. The van der Waals surface area contributed by atoms with Crippen LogP contribution in [0.2, 0.25) is 0 Å². The number of nitrogens with zero attached hydrogens (tertiary/aromatic N) is 1. The number of hydrogen-bond acceptors (Lipinski definition) is 3. The summed E-state index contributed by atoms with van der Waals surface area (Å²) in [5.41, 5.74) is 0. The summed E-state index contributed by atoms with van der Waals surface area (Å²) < 4.78 is 5.12. The standard InChI is InChI=1S/C13H28N2O/c1-12(8-11-16-3)15(2)10-7-13-6-4-5-9-14-13/h12-14H,4-11H2,1-3H3. The Morgan fingerprint density at radius 2 is 2.25 bits per heavy atom. The van der Waals surface area contributed by atoms with Gasteiger partial charge in [0.15, 0.2) is 0 Å². The molecule has 0 bridgehead atoms. The highest BCUT2D eigenvalue weighted by atomic mass is 16.5. The first kappa shape index (κ1) is 13.9. The van der Waals surface area contributed by atoms with Crippen molar-refractivity contribution in [2.24, 2.45) is 0 Å². The van der Waals surface area contributed by atoms with E-state index in [9.17, 15) is 0 Å². The Morgan fingerprint density at radius 3 is 2.88 bits per heavy atom. The van der Waals surface area contributed by atoms with E-state index >= 15 is 0 Å². The molecule has 0 aromatic heterocycles. The number of hydrogen-bond donors (Lipinski definition) is 1. The van der Waals surface area contributed by atoms with Gasteiger partial charge in [-0.3, -0.25) is 0 Å². The second-order valence-corrected chi connectivity index (χ2v) is 5.05. The molecular weight excluding hydrogens is 200 g/mol. The van der Waals surface area contributed by atoms with Gasteiger partial charge in [-0.2, -0.15) is 0 Å². The average molecular weight is 228 g/mol. The van der Waals surface area contributed by atoms with Crippen molar-refractivity contribution in [1.29, 1.82) is 0 Å². The van der Waals surface area contributed by atoms with Gasteiger partial charge in [-0.05, 0) is 52.7 Å². The second kappa shape index (κ2) is 8.04. The van der Waals surface area contributed by atoms with Crippen LogP contribution in [-0.2, 0) is 4.74 Å². The van der Waals surface area contributed by atoms with Gasteiger partial charge in [-0.1, -0.05) is 6.42 Å². The fraction of sp³-hybridized carbons (Fsp3) is 1.00. The molecule has 1 saturated heterocycles. The lowest BCUT2D eigenvalue weighted by Crippen LogP contribution is -2.38. The quantitative estimate of drug-likeness (QED) is 0.720. The third-order valence-electron chi connectivity index (χ3n) is 3.73. The number of piperidine rings is 1. The van der Waals surface area contributed by atoms with E-state index in [4.69, 9.17) is 4.74 Å². The monoisotopic (exact) mass is 228 g/mol. The van der Waals surface area contributed by atoms with Crippen molar-refractivity contribution in [3.63, 3.8) is 0 Å². The Balaban J connectivity index is 2.10. The van der Waals surface area contributed by atoms with Gasteiger partial charge in [-0.25, -0.2) is 0 Å². The van der Waals surface area contributed by atoms with Gasteiger partial charge in [0, 0.05) is 25.8 Å². The van der Waals surface area contributed by atoms with Crippen molar-refractivity contribution in [3.05, 3.63) is 0 Å². The summed E-state index contributed by atoms with van der Waals surface area (Å²) in [6, 6.07) is 1.38. The minimum atomic E-state index is 0.628. The van der Waals surface area contributed by atoms with Gasteiger partial charge in [0.05, 0.1) is 0 Å². The van der Waals surface area contributed by atoms with E-state index in [0.717, 1.165) is 19.1 Å². The fourth-order valence-electron chi connectivity index (χ4n) is 2.26. The van der Waals surface area contributed by atoms with Crippen LogP contribution in [0.5, 0.6) is 0 Å². The summed E-state index contributed by atoms with van der Waals surface area (Å²) in [6.45, 7) is 5.57. The van der Waals surface area contributed by atoms with E-state index in [2.05, 4.69) is 24.2 Å². The molecule has 0 aromatic rings. The largest absolute Gasteiger partial charge is 0.385 e. The van der Waals surface area contributed by atoms with Crippen LogP contribution in [0.3, 0.4) is 0 Å². The van der Waals surface area contributed by atoms with Gasteiger partial charge in [0.25, 0.3) is 0 Å². The lowest BCUT2D eigenvalue weighted by atomic mass is 10.0. The maximum Gasteiger partial charge on any atom is 0.0477 e. The lowest BCUT2D eigenvalue weighted by molar-refractivity contribution is 0.149. The highest BCUT2D eigenvalue weighted by Gasteiger charge is 2.14. The van der Waals surface area contributed by atoms with Gasteiger partial charge in [0.2, 0.25) is 0 Å². The molecule has 2 atom stereocenters. The van der Waals surface area contributed by atoms with E-state index in [1.54, 1.807) is 7.11 Å². The molecule has 0 aliphatic carbocycles. The predicted molar refractivity (Wildman–Crippen MR) is 68.8 cm³/mol. The smallest absolute Gasteiger partial charge is 0.0477 e. The van der Waals surface area contributed by atoms with Crippen molar-refractivity contribution < 1.29 is 4.74 Å². The van der Waals surface area contributed by atoms with Crippen LogP contribution in [0.1, 0.15) is 39.0 Å². The molecule has 0 amide bonds. The average Bonchev–Trinajstić information content (AvgIpc) is 2.34. The molecule has 96 valence electrons. The van der Waals surface area contributed by atoms with E-state index in [0.29, 0.717) is 6.04 Å². The minimum Gasteiger partial charge on any atom is -0.385 e. The molecule has 0 saturated carbocycles. The Labute approximate surface area is 101 Å². The molecule has 1 fully saturated rings. The maximum absolute atomic E-state index is 5.12. The Hall–Kier alpha value is -0.120. The molecule has 0 spiro atoms. The SMILES string of the molecule is COCCC(C)N(C)CCC1CCCCN1. The number of methoxy groups -OCH3 is 1. The van der Waals surface area contributed by atoms with Crippen LogP contribution in [-0.4, -0.2) is 50.8 Å².